The number of thiophene rings is 1. The Labute approximate surface area is 123 Å². The van der Waals surface area contributed by atoms with Gasteiger partial charge in [0.1, 0.15) is 0 Å². The van der Waals surface area contributed by atoms with Crippen LogP contribution >= 0.6 is 11.3 Å². The molecule has 20 heavy (non-hydrogen) atoms. The summed E-state index contributed by atoms with van der Waals surface area (Å²) in [5, 5.41) is 4.77. The zero-order valence-electron chi connectivity index (χ0n) is 11.6. The maximum Gasteiger partial charge on any atom is 0.311 e. The SMILES string of the molecule is O=C(COC(=O)Cc1cccs1)NCC1CCCCC1. The van der Waals surface area contributed by atoms with Crippen molar-refractivity contribution in [1.29, 1.82) is 0 Å². The number of hydrogen-bond donors (Lipinski definition) is 1. The molecular formula is C15H21NO3S. The summed E-state index contributed by atoms with van der Waals surface area (Å²) in [5.74, 6) is 0.0462. The molecule has 110 valence electrons. The van der Waals surface area contributed by atoms with Gasteiger partial charge in [-0.1, -0.05) is 25.3 Å². The summed E-state index contributed by atoms with van der Waals surface area (Å²) >= 11 is 1.51. The van der Waals surface area contributed by atoms with Crippen molar-refractivity contribution in [3.05, 3.63) is 22.4 Å². The number of hydrogen-bond acceptors (Lipinski definition) is 4. The molecule has 1 saturated carbocycles. The van der Waals surface area contributed by atoms with Crippen LogP contribution in [-0.4, -0.2) is 25.0 Å². The Kier molecular flexibility index (Phi) is 6.05. The monoisotopic (exact) mass is 295 g/mol. The number of amides is 1. The quantitative estimate of drug-likeness (QED) is 0.821. The molecule has 1 N–H and O–H groups in total. The Morgan fingerprint density at radius 1 is 1.30 bits per heavy atom. The van der Waals surface area contributed by atoms with E-state index in [1.54, 1.807) is 0 Å². The number of ether oxygens (including phenoxy) is 1. The Bertz CT molecular complexity index is 424. The molecule has 1 fully saturated rings. The van der Waals surface area contributed by atoms with Gasteiger partial charge in [0.25, 0.3) is 5.91 Å². The van der Waals surface area contributed by atoms with Crippen LogP contribution in [0.2, 0.25) is 0 Å². The maximum atomic E-state index is 11.6. The molecule has 2 rings (SSSR count). The van der Waals surface area contributed by atoms with Gasteiger partial charge in [-0.05, 0) is 30.2 Å². The lowest BCUT2D eigenvalue weighted by molar-refractivity contribution is -0.147. The Morgan fingerprint density at radius 2 is 2.10 bits per heavy atom. The molecule has 0 aliphatic heterocycles. The average Bonchev–Trinajstić information content (AvgIpc) is 2.97. The van der Waals surface area contributed by atoms with Crippen LogP contribution in [0.3, 0.4) is 0 Å². The number of carbonyl (C=O) groups excluding carboxylic acids is 2. The summed E-state index contributed by atoms with van der Waals surface area (Å²) in [4.78, 5) is 24.1. The van der Waals surface area contributed by atoms with Gasteiger partial charge in [0.15, 0.2) is 6.61 Å². The van der Waals surface area contributed by atoms with Crippen LogP contribution in [0.25, 0.3) is 0 Å². The highest BCUT2D eigenvalue weighted by Gasteiger charge is 2.15. The molecule has 0 radical (unpaired) electrons. The van der Waals surface area contributed by atoms with E-state index in [0.29, 0.717) is 12.5 Å². The molecule has 0 bridgehead atoms. The molecule has 1 heterocycles. The highest BCUT2D eigenvalue weighted by Crippen LogP contribution is 2.22. The molecule has 0 atom stereocenters. The van der Waals surface area contributed by atoms with Gasteiger partial charge in [-0.15, -0.1) is 11.3 Å². The van der Waals surface area contributed by atoms with E-state index in [-0.39, 0.29) is 24.9 Å². The second-order valence-corrected chi connectivity index (χ2v) is 6.26. The van der Waals surface area contributed by atoms with Gasteiger partial charge in [0, 0.05) is 11.4 Å². The van der Waals surface area contributed by atoms with Gasteiger partial charge in [-0.25, -0.2) is 0 Å². The zero-order valence-corrected chi connectivity index (χ0v) is 12.4. The van der Waals surface area contributed by atoms with Gasteiger partial charge in [-0.2, -0.15) is 0 Å². The summed E-state index contributed by atoms with van der Waals surface area (Å²) in [5.41, 5.74) is 0. The second-order valence-electron chi connectivity index (χ2n) is 5.22. The van der Waals surface area contributed by atoms with Gasteiger partial charge >= 0.3 is 5.97 Å². The molecule has 4 nitrogen and oxygen atoms in total. The van der Waals surface area contributed by atoms with Crippen molar-refractivity contribution < 1.29 is 14.3 Å². The lowest BCUT2D eigenvalue weighted by Crippen LogP contribution is -2.33. The van der Waals surface area contributed by atoms with Gasteiger partial charge < -0.3 is 10.1 Å². The lowest BCUT2D eigenvalue weighted by atomic mass is 9.89. The standard InChI is InChI=1S/C15H21NO3S/c17-14(16-10-12-5-2-1-3-6-12)11-19-15(18)9-13-7-4-8-20-13/h4,7-8,12H,1-3,5-6,9-11H2,(H,16,17). The van der Waals surface area contributed by atoms with Crippen LogP contribution in [0.15, 0.2) is 17.5 Å². The summed E-state index contributed by atoms with van der Waals surface area (Å²) < 4.78 is 4.97. The van der Waals surface area contributed by atoms with Crippen molar-refractivity contribution in [3.8, 4) is 0 Å². The first kappa shape index (κ1) is 15.0. The van der Waals surface area contributed by atoms with Crippen LogP contribution in [0.4, 0.5) is 0 Å². The third kappa shape index (κ3) is 5.33. The van der Waals surface area contributed by atoms with E-state index in [1.165, 1.54) is 43.4 Å². The summed E-state index contributed by atoms with van der Waals surface area (Å²) in [6.45, 7) is 0.540. The fourth-order valence-corrected chi connectivity index (χ4v) is 3.14. The van der Waals surface area contributed by atoms with Crippen molar-refractivity contribution in [2.24, 2.45) is 5.92 Å². The van der Waals surface area contributed by atoms with E-state index in [1.807, 2.05) is 17.5 Å². The third-order valence-electron chi connectivity index (χ3n) is 3.58. The van der Waals surface area contributed by atoms with Crippen molar-refractivity contribution in [2.75, 3.05) is 13.2 Å². The number of nitrogens with one attached hydrogen (secondary N) is 1. The summed E-state index contributed by atoms with van der Waals surface area (Å²) in [6.07, 6.45) is 6.46. The predicted octanol–water partition coefficient (Wildman–Crippen LogP) is 2.53. The van der Waals surface area contributed by atoms with Crippen molar-refractivity contribution in [1.82, 2.24) is 5.32 Å². The Morgan fingerprint density at radius 3 is 2.80 bits per heavy atom. The fraction of sp³-hybridized carbons (Fsp3) is 0.600. The molecule has 0 aromatic carbocycles. The molecule has 0 unspecified atom stereocenters. The normalized spacial score (nSPS) is 15.8. The largest absolute Gasteiger partial charge is 0.455 e. The highest BCUT2D eigenvalue weighted by molar-refractivity contribution is 7.10. The fourth-order valence-electron chi connectivity index (χ4n) is 2.45. The van der Waals surface area contributed by atoms with E-state index in [4.69, 9.17) is 4.74 Å². The molecule has 1 aromatic rings. The van der Waals surface area contributed by atoms with Crippen LogP contribution in [0, 0.1) is 5.92 Å². The molecule has 1 aliphatic rings. The zero-order chi connectivity index (χ0) is 14.2. The number of rotatable bonds is 6. The van der Waals surface area contributed by atoms with Crippen molar-refractivity contribution in [3.63, 3.8) is 0 Å². The van der Waals surface area contributed by atoms with Crippen LogP contribution in [-0.2, 0) is 20.7 Å². The first-order valence-electron chi connectivity index (χ1n) is 7.19. The number of esters is 1. The minimum atomic E-state index is -0.347. The van der Waals surface area contributed by atoms with Gasteiger partial charge in [0.05, 0.1) is 6.42 Å². The summed E-state index contributed by atoms with van der Waals surface area (Å²) in [6, 6.07) is 3.78. The molecule has 1 aromatic heterocycles. The molecule has 1 amide bonds. The minimum absolute atomic E-state index is 0.170. The van der Waals surface area contributed by atoms with Crippen LogP contribution in [0.5, 0.6) is 0 Å². The first-order valence-corrected chi connectivity index (χ1v) is 8.06. The molecular weight excluding hydrogens is 274 g/mol. The van der Waals surface area contributed by atoms with Gasteiger partial charge in [-0.3, -0.25) is 9.59 Å². The molecule has 5 heteroatoms. The van der Waals surface area contributed by atoms with Crippen molar-refractivity contribution in [2.45, 2.75) is 38.5 Å². The van der Waals surface area contributed by atoms with Gasteiger partial charge in [0.2, 0.25) is 0 Å². The third-order valence-corrected chi connectivity index (χ3v) is 4.45. The Hall–Kier alpha value is -1.36. The summed E-state index contributed by atoms with van der Waals surface area (Å²) in [7, 11) is 0. The molecule has 0 spiro atoms. The smallest absolute Gasteiger partial charge is 0.311 e. The average molecular weight is 295 g/mol. The minimum Gasteiger partial charge on any atom is -0.455 e. The Balaban J connectivity index is 1.58. The topological polar surface area (TPSA) is 55.4 Å². The molecule has 0 saturated heterocycles. The van der Waals surface area contributed by atoms with Crippen LogP contribution < -0.4 is 5.32 Å². The van der Waals surface area contributed by atoms with E-state index in [0.717, 1.165) is 4.88 Å². The van der Waals surface area contributed by atoms with E-state index in [9.17, 15) is 9.59 Å². The maximum absolute atomic E-state index is 11.6. The van der Waals surface area contributed by atoms with E-state index in [2.05, 4.69) is 5.32 Å². The predicted molar refractivity (Wildman–Crippen MR) is 78.6 cm³/mol. The van der Waals surface area contributed by atoms with E-state index < -0.39 is 0 Å². The second kappa shape index (κ2) is 8.04. The highest BCUT2D eigenvalue weighted by atomic mass is 32.1. The van der Waals surface area contributed by atoms with Crippen molar-refractivity contribution >= 4 is 23.2 Å². The lowest BCUT2D eigenvalue weighted by Gasteiger charge is -2.21. The number of carbonyl (C=O) groups is 2. The van der Waals surface area contributed by atoms with E-state index >= 15 is 0 Å². The molecule has 1 aliphatic carbocycles. The first-order chi connectivity index (χ1) is 9.74. The van der Waals surface area contributed by atoms with Crippen LogP contribution in [0.1, 0.15) is 37.0 Å².